The number of hydrogen-bond acceptors (Lipinski definition) is 2. The Balaban J connectivity index is 2.51. The summed E-state index contributed by atoms with van der Waals surface area (Å²) in [5.41, 5.74) is 7.61. The zero-order valence-electron chi connectivity index (χ0n) is 10.1. The zero-order chi connectivity index (χ0) is 13.1. The molecule has 0 bridgehead atoms. The molecular weight excluding hydrogens is 269 g/mol. The lowest BCUT2D eigenvalue weighted by Gasteiger charge is -2.18. The number of hydrogen-bond donors (Lipinski definition) is 1. The molecule has 18 heavy (non-hydrogen) atoms. The number of imidazole rings is 1. The van der Waals surface area contributed by atoms with Gasteiger partial charge in [0.05, 0.1) is 23.2 Å². The van der Waals surface area contributed by atoms with Gasteiger partial charge in [0, 0.05) is 23.2 Å². The molecule has 1 aromatic carbocycles. The molecule has 2 aromatic rings. The van der Waals surface area contributed by atoms with Crippen molar-refractivity contribution in [3.8, 4) is 11.3 Å². The average Bonchev–Trinajstić information content (AvgIpc) is 2.83. The van der Waals surface area contributed by atoms with E-state index in [1.807, 2.05) is 6.07 Å². The monoisotopic (exact) mass is 283 g/mol. The predicted molar refractivity (Wildman–Crippen MR) is 76.1 cm³/mol. The molecule has 5 heteroatoms. The molecule has 0 radical (unpaired) electrons. The van der Waals surface area contributed by atoms with Crippen LogP contribution in [0.1, 0.15) is 19.4 Å². The summed E-state index contributed by atoms with van der Waals surface area (Å²) in [6.07, 6.45) is 4.52. The van der Waals surface area contributed by atoms with E-state index in [1.165, 1.54) is 0 Å². The fraction of sp³-hybridized carbons (Fsp3) is 0.308. The van der Waals surface area contributed by atoms with E-state index < -0.39 is 0 Å². The van der Waals surface area contributed by atoms with Gasteiger partial charge in [-0.05, 0) is 24.6 Å². The minimum atomic E-state index is 0.220. The first kappa shape index (κ1) is 13.4. The number of halogens is 2. The highest BCUT2D eigenvalue weighted by atomic mass is 35.5. The summed E-state index contributed by atoms with van der Waals surface area (Å²) in [6.45, 7) is 2.67. The molecule has 2 N–H and O–H groups in total. The third kappa shape index (κ3) is 2.53. The third-order valence-electron chi connectivity index (χ3n) is 3.01. The molecule has 0 spiro atoms. The lowest BCUT2D eigenvalue weighted by molar-refractivity contribution is 0.500. The van der Waals surface area contributed by atoms with Crippen molar-refractivity contribution in [2.45, 2.75) is 19.4 Å². The molecule has 1 aromatic heterocycles. The fourth-order valence-electron chi connectivity index (χ4n) is 1.97. The second-order valence-electron chi connectivity index (χ2n) is 4.11. The van der Waals surface area contributed by atoms with Gasteiger partial charge in [0.25, 0.3) is 0 Å². The third-order valence-corrected chi connectivity index (χ3v) is 3.57. The Morgan fingerprint density at radius 2 is 2.17 bits per heavy atom. The highest BCUT2D eigenvalue weighted by Gasteiger charge is 2.14. The van der Waals surface area contributed by atoms with E-state index in [-0.39, 0.29) is 6.04 Å². The molecule has 2 rings (SSSR count). The number of rotatable bonds is 4. The number of aromatic nitrogens is 2. The topological polar surface area (TPSA) is 43.8 Å². The summed E-state index contributed by atoms with van der Waals surface area (Å²) in [5, 5.41) is 1.32. The van der Waals surface area contributed by atoms with Crippen molar-refractivity contribution in [2.75, 3.05) is 6.54 Å². The van der Waals surface area contributed by atoms with Crippen LogP contribution < -0.4 is 5.73 Å². The van der Waals surface area contributed by atoms with Crippen LogP contribution in [0, 0.1) is 0 Å². The van der Waals surface area contributed by atoms with Gasteiger partial charge in [-0.15, -0.1) is 0 Å². The Morgan fingerprint density at radius 1 is 1.39 bits per heavy atom. The SMILES string of the molecule is CCC(CN)n1cncc1-c1cc(Cl)ccc1Cl. The van der Waals surface area contributed by atoms with Crippen LogP contribution in [0.2, 0.25) is 10.0 Å². The van der Waals surface area contributed by atoms with Crippen LogP contribution >= 0.6 is 23.2 Å². The Bertz CT molecular complexity index is 533. The lowest BCUT2D eigenvalue weighted by Crippen LogP contribution is -2.18. The summed E-state index contributed by atoms with van der Waals surface area (Å²) in [5.74, 6) is 0. The van der Waals surface area contributed by atoms with Crippen LogP contribution in [0.5, 0.6) is 0 Å². The second-order valence-corrected chi connectivity index (χ2v) is 4.95. The molecule has 0 fully saturated rings. The Morgan fingerprint density at radius 3 is 2.83 bits per heavy atom. The maximum absolute atomic E-state index is 6.22. The maximum atomic E-state index is 6.22. The van der Waals surface area contributed by atoms with Crippen molar-refractivity contribution in [3.05, 3.63) is 40.8 Å². The molecule has 1 heterocycles. The largest absolute Gasteiger partial charge is 0.328 e. The quantitative estimate of drug-likeness (QED) is 0.928. The van der Waals surface area contributed by atoms with E-state index in [4.69, 9.17) is 28.9 Å². The van der Waals surface area contributed by atoms with Crippen LogP contribution in [-0.4, -0.2) is 16.1 Å². The van der Waals surface area contributed by atoms with Crippen molar-refractivity contribution >= 4 is 23.2 Å². The summed E-state index contributed by atoms with van der Waals surface area (Å²) >= 11 is 12.2. The summed E-state index contributed by atoms with van der Waals surface area (Å²) in [6, 6.07) is 5.63. The van der Waals surface area contributed by atoms with Gasteiger partial charge in [-0.1, -0.05) is 30.1 Å². The van der Waals surface area contributed by atoms with Gasteiger partial charge in [-0.25, -0.2) is 4.98 Å². The van der Waals surface area contributed by atoms with Gasteiger partial charge in [-0.3, -0.25) is 0 Å². The number of benzene rings is 1. The molecule has 1 atom stereocenters. The smallest absolute Gasteiger partial charge is 0.0954 e. The minimum Gasteiger partial charge on any atom is -0.328 e. The number of nitrogens with two attached hydrogens (primary N) is 1. The van der Waals surface area contributed by atoms with Gasteiger partial charge in [0.15, 0.2) is 0 Å². The van der Waals surface area contributed by atoms with Gasteiger partial charge in [-0.2, -0.15) is 0 Å². The van der Waals surface area contributed by atoms with E-state index in [1.54, 1.807) is 24.7 Å². The highest BCUT2D eigenvalue weighted by Crippen LogP contribution is 2.32. The van der Waals surface area contributed by atoms with Gasteiger partial charge in [0.2, 0.25) is 0 Å². The van der Waals surface area contributed by atoms with Crippen molar-refractivity contribution in [1.82, 2.24) is 9.55 Å². The van der Waals surface area contributed by atoms with Gasteiger partial charge >= 0.3 is 0 Å². The van der Waals surface area contributed by atoms with Crippen LogP contribution in [0.4, 0.5) is 0 Å². The summed E-state index contributed by atoms with van der Waals surface area (Å²) in [4.78, 5) is 4.19. The van der Waals surface area contributed by atoms with Crippen molar-refractivity contribution in [1.29, 1.82) is 0 Å². The normalized spacial score (nSPS) is 12.7. The zero-order valence-corrected chi connectivity index (χ0v) is 11.6. The molecule has 0 amide bonds. The Labute approximate surface area is 117 Å². The standard InChI is InChI=1S/C13H15Cl2N3/c1-2-10(6-16)18-8-17-7-13(18)11-5-9(14)3-4-12(11)15/h3-5,7-8,10H,2,6,16H2,1H3. The molecule has 0 saturated heterocycles. The first-order chi connectivity index (χ1) is 8.67. The van der Waals surface area contributed by atoms with E-state index in [0.29, 0.717) is 16.6 Å². The number of nitrogens with zero attached hydrogens (tertiary/aromatic N) is 2. The van der Waals surface area contributed by atoms with E-state index in [2.05, 4.69) is 16.5 Å². The molecule has 0 aliphatic rings. The first-order valence-corrected chi connectivity index (χ1v) is 6.60. The predicted octanol–water partition coefficient (Wildman–Crippen LogP) is 3.77. The Hall–Kier alpha value is -1.03. The van der Waals surface area contributed by atoms with E-state index in [0.717, 1.165) is 17.7 Å². The molecule has 96 valence electrons. The van der Waals surface area contributed by atoms with Crippen LogP contribution in [0.3, 0.4) is 0 Å². The minimum absolute atomic E-state index is 0.220. The Kier molecular flexibility index (Phi) is 4.27. The molecular formula is C13H15Cl2N3. The summed E-state index contributed by atoms with van der Waals surface area (Å²) in [7, 11) is 0. The second kappa shape index (κ2) is 5.74. The van der Waals surface area contributed by atoms with Crippen LogP contribution in [0.15, 0.2) is 30.7 Å². The molecule has 3 nitrogen and oxygen atoms in total. The molecule has 0 saturated carbocycles. The lowest BCUT2D eigenvalue weighted by atomic mass is 10.1. The molecule has 1 unspecified atom stereocenters. The molecule has 0 aliphatic carbocycles. The maximum Gasteiger partial charge on any atom is 0.0954 e. The average molecular weight is 284 g/mol. The van der Waals surface area contributed by atoms with Crippen molar-refractivity contribution in [2.24, 2.45) is 5.73 Å². The van der Waals surface area contributed by atoms with Crippen molar-refractivity contribution < 1.29 is 0 Å². The van der Waals surface area contributed by atoms with Crippen LogP contribution in [0.25, 0.3) is 11.3 Å². The van der Waals surface area contributed by atoms with Crippen LogP contribution in [-0.2, 0) is 0 Å². The van der Waals surface area contributed by atoms with E-state index >= 15 is 0 Å². The fourth-order valence-corrected chi connectivity index (χ4v) is 2.36. The first-order valence-electron chi connectivity index (χ1n) is 5.84. The van der Waals surface area contributed by atoms with Gasteiger partial charge < -0.3 is 10.3 Å². The van der Waals surface area contributed by atoms with Crippen molar-refractivity contribution in [3.63, 3.8) is 0 Å². The van der Waals surface area contributed by atoms with E-state index in [9.17, 15) is 0 Å². The van der Waals surface area contributed by atoms with Gasteiger partial charge in [0.1, 0.15) is 0 Å². The molecule has 0 aliphatic heterocycles. The highest BCUT2D eigenvalue weighted by molar-refractivity contribution is 6.35. The summed E-state index contributed by atoms with van der Waals surface area (Å²) < 4.78 is 2.05.